The summed E-state index contributed by atoms with van der Waals surface area (Å²) in [4.78, 5) is 13.9. The Morgan fingerprint density at radius 2 is 2.10 bits per heavy atom. The number of hydrogen-bond acceptors (Lipinski definition) is 6. The lowest BCUT2D eigenvalue weighted by atomic mass is 10.0. The fourth-order valence-electron chi connectivity index (χ4n) is 3.77. The standard InChI is InChI=1S/C22H19FIN5OS/c1-12-11-31-22-26-18-19(27-21(24)28-20(18)29(12)22)25-8-7-13-5-6-17(30)16(9-13)14-3-2-4-15(23)10-14/h2-6,9-10,12,30H,7-8,11H2,1H3,(H,25,27,28)/t12-/m1/s1. The summed E-state index contributed by atoms with van der Waals surface area (Å²) in [7, 11) is 0. The number of phenols is 1. The molecule has 4 aromatic rings. The number of aromatic nitrogens is 4. The first-order valence-electron chi connectivity index (χ1n) is 9.89. The third-order valence-electron chi connectivity index (χ3n) is 5.28. The number of halogens is 2. The van der Waals surface area contributed by atoms with Crippen LogP contribution in [0.4, 0.5) is 10.2 Å². The lowest BCUT2D eigenvalue weighted by Gasteiger charge is -2.11. The number of thioether (sulfide) groups is 1. The number of phenolic OH excluding ortho intramolecular Hbond substituents is 1. The highest BCUT2D eigenvalue weighted by Crippen LogP contribution is 2.37. The normalized spacial score (nSPS) is 15.4. The second kappa shape index (κ2) is 8.27. The first kappa shape index (κ1) is 20.5. The van der Waals surface area contributed by atoms with Gasteiger partial charge >= 0.3 is 0 Å². The first-order valence-corrected chi connectivity index (χ1v) is 12.0. The van der Waals surface area contributed by atoms with Gasteiger partial charge in [-0.3, -0.25) is 4.57 Å². The molecule has 1 atom stereocenters. The molecule has 0 fully saturated rings. The Balaban J connectivity index is 1.37. The molecule has 3 heterocycles. The molecular formula is C22H19FIN5OS. The molecule has 9 heteroatoms. The summed E-state index contributed by atoms with van der Waals surface area (Å²) in [5.41, 5.74) is 3.96. The maximum absolute atomic E-state index is 13.6. The van der Waals surface area contributed by atoms with Crippen molar-refractivity contribution in [2.24, 2.45) is 0 Å². The Bertz CT molecular complexity index is 1290. The monoisotopic (exact) mass is 547 g/mol. The summed E-state index contributed by atoms with van der Waals surface area (Å²) < 4.78 is 16.5. The zero-order valence-electron chi connectivity index (χ0n) is 16.6. The number of fused-ring (bicyclic) bond motifs is 3. The molecule has 0 spiro atoms. The van der Waals surface area contributed by atoms with Gasteiger partial charge in [-0.05, 0) is 48.7 Å². The molecule has 2 aromatic carbocycles. The summed E-state index contributed by atoms with van der Waals surface area (Å²) in [5.74, 6) is 1.54. The highest BCUT2D eigenvalue weighted by molar-refractivity contribution is 14.1. The molecule has 2 N–H and O–H groups in total. The average molecular weight is 547 g/mol. The molecule has 1 aliphatic heterocycles. The van der Waals surface area contributed by atoms with Crippen molar-refractivity contribution in [3.05, 3.63) is 57.7 Å². The van der Waals surface area contributed by atoms with Gasteiger partial charge in [0.15, 0.2) is 26.0 Å². The molecule has 0 unspecified atom stereocenters. The summed E-state index contributed by atoms with van der Waals surface area (Å²) in [5, 5.41) is 14.6. The van der Waals surface area contributed by atoms with E-state index in [9.17, 15) is 9.50 Å². The second-order valence-electron chi connectivity index (χ2n) is 7.48. The zero-order valence-corrected chi connectivity index (χ0v) is 19.6. The fourth-order valence-corrected chi connectivity index (χ4v) is 5.34. The van der Waals surface area contributed by atoms with E-state index in [0.717, 1.165) is 33.5 Å². The Morgan fingerprint density at radius 3 is 2.94 bits per heavy atom. The van der Waals surface area contributed by atoms with Crippen molar-refractivity contribution in [3.8, 4) is 16.9 Å². The largest absolute Gasteiger partial charge is 0.507 e. The van der Waals surface area contributed by atoms with Crippen molar-refractivity contribution in [1.82, 2.24) is 19.5 Å². The molecule has 0 saturated carbocycles. The number of aromatic hydroxyl groups is 1. The average Bonchev–Trinajstić information content (AvgIpc) is 3.29. The van der Waals surface area contributed by atoms with Gasteiger partial charge in [0.25, 0.3) is 0 Å². The summed E-state index contributed by atoms with van der Waals surface area (Å²) in [6.07, 6.45) is 0.712. The van der Waals surface area contributed by atoms with E-state index in [-0.39, 0.29) is 11.6 Å². The van der Waals surface area contributed by atoms with Gasteiger partial charge in [-0.15, -0.1) is 0 Å². The number of rotatable bonds is 5. The van der Waals surface area contributed by atoms with Gasteiger partial charge in [-0.25, -0.2) is 19.3 Å². The molecule has 2 aromatic heterocycles. The zero-order chi connectivity index (χ0) is 21.5. The SMILES string of the molecule is C[C@@H]1CSc2nc3c(NCCc4ccc(O)c(-c5cccc(F)c5)c4)nc(I)nc3n21. The first-order chi connectivity index (χ1) is 15.0. The number of anilines is 1. The minimum Gasteiger partial charge on any atom is -0.507 e. The Hall–Kier alpha value is -2.40. The van der Waals surface area contributed by atoms with E-state index in [2.05, 4.69) is 49.4 Å². The van der Waals surface area contributed by atoms with E-state index in [1.807, 2.05) is 12.1 Å². The molecule has 5 rings (SSSR count). The number of nitrogens with zero attached hydrogens (tertiary/aromatic N) is 4. The van der Waals surface area contributed by atoms with Gasteiger partial charge in [0.2, 0.25) is 0 Å². The molecule has 158 valence electrons. The lowest BCUT2D eigenvalue weighted by Crippen LogP contribution is -2.09. The maximum atomic E-state index is 13.6. The minimum absolute atomic E-state index is 0.133. The molecule has 1 aliphatic rings. The summed E-state index contributed by atoms with van der Waals surface area (Å²) in [6.45, 7) is 2.81. The third kappa shape index (κ3) is 3.96. The number of benzene rings is 2. The van der Waals surface area contributed by atoms with Gasteiger partial charge in [0.05, 0.1) is 0 Å². The van der Waals surface area contributed by atoms with Gasteiger partial charge in [0.1, 0.15) is 11.6 Å². The lowest BCUT2D eigenvalue weighted by molar-refractivity contribution is 0.477. The third-order valence-corrected chi connectivity index (χ3v) is 6.95. The topological polar surface area (TPSA) is 75.9 Å². The quantitative estimate of drug-likeness (QED) is 0.262. The van der Waals surface area contributed by atoms with Crippen molar-refractivity contribution in [1.29, 1.82) is 0 Å². The van der Waals surface area contributed by atoms with Gasteiger partial charge in [-0.1, -0.05) is 30.0 Å². The molecule has 0 bridgehead atoms. The Morgan fingerprint density at radius 1 is 1.23 bits per heavy atom. The Kier molecular flexibility index (Phi) is 5.47. The predicted molar refractivity (Wildman–Crippen MR) is 129 cm³/mol. The molecule has 6 nitrogen and oxygen atoms in total. The summed E-state index contributed by atoms with van der Waals surface area (Å²) in [6, 6.07) is 12.0. The molecule has 0 aliphatic carbocycles. The van der Waals surface area contributed by atoms with Crippen LogP contribution in [0.1, 0.15) is 18.5 Å². The van der Waals surface area contributed by atoms with Gasteiger partial charge in [-0.2, -0.15) is 0 Å². The van der Waals surface area contributed by atoms with Gasteiger partial charge < -0.3 is 10.4 Å². The van der Waals surface area contributed by atoms with Crippen LogP contribution < -0.4 is 5.32 Å². The highest BCUT2D eigenvalue weighted by Gasteiger charge is 2.26. The van der Waals surface area contributed by atoms with Crippen LogP contribution in [0.25, 0.3) is 22.3 Å². The van der Waals surface area contributed by atoms with E-state index in [1.165, 1.54) is 12.1 Å². The van der Waals surface area contributed by atoms with E-state index in [4.69, 9.17) is 4.98 Å². The van der Waals surface area contributed by atoms with Crippen molar-refractivity contribution in [3.63, 3.8) is 0 Å². The van der Waals surface area contributed by atoms with Crippen LogP contribution in [-0.4, -0.2) is 36.9 Å². The van der Waals surface area contributed by atoms with Crippen molar-refractivity contribution < 1.29 is 9.50 Å². The molecule has 0 amide bonds. The number of hydrogen-bond donors (Lipinski definition) is 2. The summed E-state index contributed by atoms with van der Waals surface area (Å²) >= 11 is 3.88. The van der Waals surface area contributed by atoms with Crippen LogP contribution in [0.2, 0.25) is 0 Å². The van der Waals surface area contributed by atoms with Crippen LogP contribution >= 0.6 is 34.4 Å². The smallest absolute Gasteiger partial charge is 0.194 e. The number of nitrogens with one attached hydrogen (secondary N) is 1. The fraction of sp³-hybridized carbons (Fsp3) is 0.227. The second-order valence-corrected chi connectivity index (χ2v) is 9.43. The van der Waals surface area contributed by atoms with Crippen LogP contribution in [0.5, 0.6) is 5.75 Å². The van der Waals surface area contributed by atoms with Crippen LogP contribution in [0.15, 0.2) is 47.6 Å². The maximum Gasteiger partial charge on any atom is 0.194 e. The van der Waals surface area contributed by atoms with Crippen molar-refractivity contribution in [2.45, 2.75) is 24.5 Å². The highest BCUT2D eigenvalue weighted by atomic mass is 127. The van der Waals surface area contributed by atoms with Crippen LogP contribution in [-0.2, 0) is 6.42 Å². The van der Waals surface area contributed by atoms with Crippen molar-refractivity contribution in [2.75, 3.05) is 17.6 Å². The molecule has 0 radical (unpaired) electrons. The van der Waals surface area contributed by atoms with E-state index >= 15 is 0 Å². The number of imidazole rings is 1. The van der Waals surface area contributed by atoms with E-state index in [1.54, 1.807) is 30.0 Å². The molecule has 31 heavy (non-hydrogen) atoms. The van der Waals surface area contributed by atoms with Crippen LogP contribution in [0.3, 0.4) is 0 Å². The molecule has 0 saturated heterocycles. The van der Waals surface area contributed by atoms with Crippen LogP contribution in [0, 0.1) is 9.65 Å². The minimum atomic E-state index is -0.328. The van der Waals surface area contributed by atoms with Gasteiger partial charge in [0, 0.05) is 46.5 Å². The van der Waals surface area contributed by atoms with E-state index in [0.29, 0.717) is 34.0 Å². The molecular weight excluding hydrogens is 528 g/mol. The van der Waals surface area contributed by atoms with E-state index < -0.39 is 0 Å². The predicted octanol–water partition coefficient (Wildman–Crippen LogP) is 5.26. The Labute approximate surface area is 196 Å². The van der Waals surface area contributed by atoms with Crippen molar-refractivity contribution >= 4 is 51.3 Å².